The minimum atomic E-state index is -4.47. The first-order valence-corrected chi connectivity index (χ1v) is 9.94. The number of imide groups is 1. The van der Waals surface area contributed by atoms with Gasteiger partial charge in [-0.1, -0.05) is 12.1 Å². The van der Waals surface area contributed by atoms with Crippen LogP contribution in [0.2, 0.25) is 0 Å². The number of hydrogen-bond donors (Lipinski definition) is 0. The smallest absolute Gasteiger partial charge is 0.420 e. The summed E-state index contributed by atoms with van der Waals surface area (Å²) in [7, 11) is 1.09. The Morgan fingerprint density at radius 1 is 0.875 bits per heavy atom. The Balaban J connectivity index is 3.21. The second kappa shape index (κ2) is 10.2. The first-order chi connectivity index (χ1) is 14.4. The summed E-state index contributed by atoms with van der Waals surface area (Å²) in [6.07, 6.45) is -6.71. The summed E-state index contributed by atoms with van der Waals surface area (Å²) < 4.78 is 53.6. The van der Waals surface area contributed by atoms with E-state index in [-0.39, 0.29) is 12.8 Å². The van der Waals surface area contributed by atoms with Crippen LogP contribution in [0.5, 0.6) is 0 Å². The lowest BCUT2D eigenvalue weighted by Crippen LogP contribution is -2.52. The van der Waals surface area contributed by atoms with Crippen LogP contribution in [0, 0.1) is 0 Å². The molecule has 1 aromatic carbocycles. The number of carbonyl (C=O) groups is 3. The molecular weight excluding hydrogens is 431 g/mol. The minimum absolute atomic E-state index is 0.0833. The SMILES string of the molecule is COC(=O)C(CCc1ccc(C(F)(F)F)cc1)N(C(=O)OC(C)(C)C)C(=O)OC(C)(C)C. The van der Waals surface area contributed by atoms with Gasteiger partial charge in [0.15, 0.2) is 0 Å². The van der Waals surface area contributed by atoms with Crippen molar-refractivity contribution in [3.05, 3.63) is 35.4 Å². The van der Waals surface area contributed by atoms with Crippen molar-refractivity contribution in [3.63, 3.8) is 0 Å². The molecule has 0 radical (unpaired) electrons. The molecule has 0 N–H and O–H groups in total. The predicted octanol–water partition coefficient (Wildman–Crippen LogP) is 5.35. The lowest BCUT2D eigenvalue weighted by atomic mass is 10.0. The van der Waals surface area contributed by atoms with E-state index in [0.717, 1.165) is 19.2 Å². The topological polar surface area (TPSA) is 82.1 Å². The fraction of sp³-hybridized carbons (Fsp3) is 0.591. The van der Waals surface area contributed by atoms with Gasteiger partial charge in [-0.05, 0) is 72.1 Å². The Hall–Kier alpha value is -2.78. The average molecular weight is 461 g/mol. The van der Waals surface area contributed by atoms with E-state index >= 15 is 0 Å². The van der Waals surface area contributed by atoms with Crippen molar-refractivity contribution in [2.24, 2.45) is 0 Å². The van der Waals surface area contributed by atoms with Gasteiger partial charge in [0, 0.05) is 0 Å². The van der Waals surface area contributed by atoms with Crippen molar-refractivity contribution in [1.29, 1.82) is 0 Å². The number of aryl methyl sites for hydroxylation is 1. The van der Waals surface area contributed by atoms with E-state index in [0.29, 0.717) is 10.5 Å². The van der Waals surface area contributed by atoms with Crippen molar-refractivity contribution in [1.82, 2.24) is 4.90 Å². The summed E-state index contributed by atoms with van der Waals surface area (Å²) in [5.41, 5.74) is -2.27. The van der Waals surface area contributed by atoms with Crippen LogP contribution in [-0.4, -0.2) is 47.4 Å². The molecule has 1 atom stereocenters. The van der Waals surface area contributed by atoms with Gasteiger partial charge in [0.2, 0.25) is 0 Å². The van der Waals surface area contributed by atoms with Gasteiger partial charge in [-0.3, -0.25) is 0 Å². The summed E-state index contributed by atoms with van der Waals surface area (Å²) >= 11 is 0. The van der Waals surface area contributed by atoms with Crippen molar-refractivity contribution in [2.75, 3.05) is 7.11 Å². The monoisotopic (exact) mass is 461 g/mol. The molecule has 0 bridgehead atoms. The number of hydrogen-bond acceptors (Lipinski definition) is 6. The van der Waals surface area contributed by atoms with Crippen LogP contribution in [0.4, 0.5) is 22.8 Å². The largest absolute Gasteiger partial charge is 0.467 e. The zero-order chi connectivity index (χ0) is 24.9. The second-order valence-corrected chi connectivity index (χ2v) is 9.10. The molecule has 0 fully saturated rings. The highest BCUT2D eigenvalue weighted by Crippen LogP contribution is 2.29. The molecule has 7 nitrogen and oxygen atoms in total. The molecular formula is C22H30F3NO6. The quantitative estimate of drug-likeness (QED) is 0.434. The van der Waals surface area contributed by atoms with Crippen molar-refractivity contribution in [3.8, 4) is 0 Å². The van der Waals surface area contributed by atoms with E-state index in [9.17, 15) is 27.6 Å². The van der Waals surface area contributed by atoms with Gasteiger partial charge < -0.3 is 14.2 Å². The molecule has 2 amide bonds. The Bertz CT molecular complexity index is 779. The first kappa shape index (κ1) is 27.3. The van der Waals surface area contributed by atoms with E-state index in [2.05, 4.69) is 0 Å². The second-order valence-electron chi connectivity index (χ2n) is 9.10. The van der Waals surface area contributed by atoms with Crippen molar-refractivity contribution in [2.45, 2.75) is 77.8 Å². The zero-order valence-corrected chi connectivity index (χ0v) is 19.3. The predicted molar refractivity (Wildman–Crippen MR) is 110 cm³/mol. The number of carbonyl (C=O) groups excluding carboxylic acids is 3. The van der Waals surface area contributed by atoms with E-state index in [1.165, 1.54) is 12.1 Å². The Kier molecular flexibility index (Phi) is 8.71. The fourth-order valence-electron chi connectivity index (χ4n) is 2.60. The molecule has 0 saturated heterocycles. The number of halogens is 3. The number of alkyl halides is 3. The lowest BCUT2D eigenvalue weighted by Gasteiger charge is -2.32. The molecule has 0 saturated carbocycles. The number of benzene rings is 1. The first-order valence-electron chi connectivity index (χ1n) is 9.94. The molecule has 0 heterocycles. The summed E-state index contributed by atoms with van der Waals surface area (Å²) in [4.78, 5) is 38.6. The van der Waals surface area contributed by atoms with Crippen LogP contribution in [0.3, 0.4) is 0 Å². The molecule has 0 aliphatic heterocycles. The maximum Gasteiger partial charge on any atom is 0.420 e. The van der Waals surface area contributed by atoms with Gasteiger partial charge in [-0.15, -0.1) is 0 Å². The Morgan fingerprint density at radius 2 is 1.31 bits per heavy atom. The van der Waals surface area contributed by atoms with E-state index in [4.69, 9.17) is 14.2 Å². The van der Waals surface area contributed by atoms with Crippen LogP contribution in [-0.2, 0) is 31.6 Å². The van der Waals surface area contributed by atoms with Gasteiger partial charge in [0.1, 0.15) is 17.2 Å². The highest BCUT2D eigenvalue weighted by Gasteiger charge is 2.40. The molecule has 10 heteroatoms. The van der Waals surface area contributed by atoms with Crippen LogP contribution in [0.25, 0.3) is 0 Å². The van der Waals surface area contributed by atoms with Gasteiger partial charge in [-0.2, -0.15) is 18.1 Å². The third-order valence-electron chi connectivity index (χ3n) is 3.95. The molecule has 0 aliphatic carbocycles. The minimum Gasteiger partial charge on any atom is -0.467 e. The number of ether oxygens (including phenoxy) is 3. The number of rotatable bonds is 5. The maximum atomic E-state index is 12.8. The maximum absolute atomic E-state index is 12.8. The molecule has 0 aromatic heterocycles. The summed E-state index contributed by atoms with van der Waals surface area (Å²) in [6.45, 7) is 9.54. The normalized spacial score (nSPS) is 13.2. The summed E-state index contributed by atoms with van der Waals surface area (Å²) in [6, 6.07) is 2.96. The van der Waals surface area contributed by atoms with Gasteiger partial charge in [0.05, 0.1) is 12.7 Å². The number of esters is 1. The molecule has 1 aromatic rings. The van der Waals surface area contributed by atoms with E-state index in [1.54, 1.807) is 41.5 Å². The summed E-state index contributed by atoms with van der Waals surface area (Å²) in [5.74, 6) is -0.895. The molecule has 0 spiro atoms. The van der Waals surface area contributed by atoms with Crippen molar-refractivity contribution < 1.29 is 41.8 Å². The third-order valence-corrected chi connectivity index (χ3v) is 3.95. The molecule has 1 unspecified atom stereocenters. The number of methoxy groups -OCH3 is 1. The molecule has 0 aliphatic rings. The highest BCUT2D eigenvalue weighted by molar-refractivity contribution is 5.94. The van der Waals surface area contributed by atoms with Gasteiger partial charge in [-0.25, -0.2) is 14.4 Å². The van der Waals surface area contributed by atoms with E-state index < -0.39 is 47.1 Å². The summed E-state index contributed by atoms with van der Waals surface area (Å²) in [5, 5.41) is 0. The highest BCUT2D eigenvalue weighted by atomic mass is 19.4. The van der Waals surface area contributed by atoms with Crippen LogP contribution in [0.1, 0.15) is 59.1 Å². The molecule has 32 heavy (non-hydrogen) atoms. The fourth-order valence-corrected chi connectivity index (χ4v) is 2.60. The van der Waals surface area contributed by atoms with Crippen molar-refractivity contribution >= 4 is 18.2 Å². The third kappa shape index (κ3) is 8.76. The Morgan fingerprint density at radius 3 is 1.66 bits per heavy atom. The number of nitrogens with zero attached hydrogens (tertiary/aromatic N) is 1. The zero-order valence-electron chi connectivity index (χ0n) is 19.3. The molecule has 180 valence electrons. The van der Waals surface area contributed by atoms with Crippen LogP contribution >= 0.6 is 0 Å². The van der Waals surface area contributed by atoms with E-state index in [1.807, 2.05) is 0 Å². The van der Waals surface area contributed by atoms with Gasteiger partial charge in [0.25, 0.3) is 0 Å². The Labute approximate surface area is 185 Å². The number of amides is 2. The molecule has 1 rings (SSSR count). The van der Waals surface area contributed by atoms with Crippen LogP contribution < -0.4 is 0 Å². The average Bonchev–Trinajstić information content (AvgIpc) is 2.60. The van der Waals surface area contributed by atoms with Gasteiger partial charge >= 0.3 is 24.3 Å². The standard InChI is InChI=1S/C22H30F3NO6/c1-20(2,3)31-18(28)26(19(29)32-21(4,5)6)16(17(27)30-7)13-10-14-8-11-15(12-9-14)22(23,24)25/h8-9,11-12,16H,10,13H2,1-7H3. The lowest BCUT2D eigenvalue weighted by molar-refractivity contribution is -0.147. The van der Waals surface area contributed by atoms with Crippen LogP contribution in [0.15, 0.2) is 24.3 Å².